The Morgan fingerprint density at radius 2 is 1.53 bits per heavy atom. The van der Waals surface area contributed by atoms with Crippen LogP contribution in [0, 0.1) is 5.92 Å². The van der Waals surface area contributed by atoms with Gasteiger partial charge in [0.15, 0.2) is 0 Å². The third-order valence-corrected chi connectivity index (χ3v) is 8.52. The fourth-order valence-corrected chi connectivity index (χ4v) is 5.84. The summed E-state index contributed by atoms with van der Waals surface area (Å²) in [7, 11) is 1.70. The summed E-state index contributed by atoms with van der Waals surface area (Å²) in [6, 6.07) is 17.9. The maximum absolute atomic E-state index is 13.7. The average Bonchev–Trinajstić information content (AvgIpc) is 3.04. The first-order valence-corrected chi connectivity index (χ1v) is 15.5. The van der Waals surface area contributed by atoms with Crippen LogP contribution in [0.3, 0.4) is 0 Å². The largest absolute Gasteiger partial charge is 0.345 e. The molecule has 9 nitrogen and oxygen atoms in total. The van der Waals surface area contributed by atoms with Crippen LogP contribution in [0.25, 0.3) is 0 Å². The highest BCUT2D eigenvalue weighted by atomic mass is 16.2. The summed E-state index contributed by atoms with van der Waals surface area (Å²) >= 11 is 0. The van der Waals surface area contributed by atoms with Crippen LogP contribution in [0.5, 0.6) is 0 Å². The van der Waals surface area contributed by atoms with Gasteiger partial charge < -0.3 is 25.8 Å². The number of rotatable bonds is 13. The van der Waals surface area contributed by atoms with Crippen LogP contribution in [-0.2, 0) is 32.0 Å². The van der Waals surface area contributed by atoms with Gasteiger partial charge in [-0.1, -0.05) is 79.9 Å². The van der Waals surface area contributed by atoms with Gasteiger partial charge in [0.1, 0.15) is 12.1 Å². The molecule has 4 rings (SSSR count). The van der Waals surface area contributed by atoms with Crippen molar-refractivity contribution in [3.63, 3.8) is 0 Å². The number of nitrogens with one attached hydrogen (secondary N) is 3. The second-order valence-electron chi connectivity index (χ2n) is 11.5. The number of aryl methyl sites for hydroxylation is 1. The van der Waals surface area contributed by atoms with Crippen molar-refractivity contribution >= 4 is 23.6 Å². The molecule has 3 N–H and O–H groups in total. The van der Waals surface area contributed by atoms with Crippen LogP contribution in [-0.4, -0.2) is 71.7 Å². The molecule has 2 aliphatic rings. The second kappa shape index (κ2) is 16.0. The Kier molecular flexibility index (Phi) is 11.9. The Balaban J connectivity index is 1.43. The van der Waals surface area contributed by atoms with Gasteiger partial charge in [-0.15, -0.1) is 0 Å². The molecule has 1 heterocycles. The van der Waals surface area contributed by atoms with E-state index in [0.29, 0.717) is 13.0 Å². The molecule has 4 amide bonds. The minimum atomic E-state index is -0.723. The molecular formula is C34H45N5O4. The minimum Gasteiger partial charge on any atom is -0.345 e. The van der Waals surface area contributed by atoms with Crippen LogP contribution in [0.2, 0.25) is 0 Å². The molecule has 9 heteroatoms. The normalized spacial score (nSPS) is 18.7. The monoisotopic (exact) mass is 587 g/mol. The zero-order valence-corrected chi connectivity index (χ0v) is 25.3. The first-order chi connectivity index (χ1) is 20.9. The SMILES string of the molecule is CN[C@@H](C)C(=O)N[C@H](C(=O)NCC(=O)N1C=CN(CCCc2ccccc2)C(=O)[C@@H]1Cc1ccccc1)C1CCCCC1. The Hall–Kier alpha value is -3.98. The average molecular weight is 588 g/mol. The van der Waals surface area contributed by atoms with E-state index in [1.165, 1.54) is 10.5 Å². The first kappa shape index (κ1) is 31.9. The fraction of sp³-hybridized carbons (Fsp3) is 0.471. The second-order valence-corrected chi connectivity index (χ2v) is 11.5. The Bertz CT molecular complexity index is 1250. The lowest BCUT2D eigenvalue weighted by Gasteiger charge is -2.36. The number of carbonyl (C=O) groups excluding carboxylic acids is 4. The highest BCUT2D eigenvalue weighted by molar-refractivity contribution is 5.94. The smallest absolute Gasteiger partial charge is 0.250 e. The highest BCUT2D eigenvalue weighted by Crippen LogP contribution is 2.27. The van der Waals surface area contributed by atoms with Crippen LogP contribution in [0.1, 0.15) is 56.6 Å². The zero-order valence-electron chi connectivity index (χ0n) is 25.3. The van der Waals surface area contributed by atoms with Crippen LogP contribution in [0.4, 0.5) is 0 Å². The molecule has 0 spiro atoms. The molecule has 1 fully saturated rings. The Morgan fingerprint density at radius 1 is 0.884 bits per heavy atom. The van der Waals surface area contributed by atoms with Crippen molar-refractivity contribution in [2.75, 3.05) is 20.1 Å². The van der Waals surface area contributed by atoms with Gasteiger partial charge in [-0.2, -0.15) is 0 Å². The summed E-state index contributed by atoms with van der Waals surface area (Å²) < 4.78 is 0. The lowest BCUT2D eigenvalue weighted by atomic mass is 9.83. The maximum atomic E-state index is 13.7. The van der Waals surface area contributed by atoms with Crippen molar-refractivity contribution in [3.05, 3.63) is 84.2 Å². The molecule has 0 aromatic heterocycles. The maximum Gasteiger partial charge on any atom is 0.250 e. The lowest BCUT2D eigenvalue weighted by molar-refractivity contribution is -0.143. The molecule has 0 unspecified atom stereocenters. The highest BCUT2D eigenvalue weighted by Gasteiger charge is 2.36. The van der Waals surface area contributed by atoms with E-state index in [9.17, 15) is 19.2 Å². The summed E-state index contributed by atoms with van der Waals surface area (Å²) in [5.74, 6) is -1.12. The molecule has 2 aromatic carbocycles. The molecule has 0 radical (unpaired) electrons. The molecule has 2 aromatic rings. The van der Waals surface area contributed by atoms with E-state index in [2.05, 4.69) is 28.1 Å². The van der Waals surface area contributed by atoms with Crippen LogP contribution in [0.15, 0.2) is 73.1 Å². The van der Waals surface area contributed by atoms with Crippen molar-refractivity contribution in [2.45, 2.75) is 76.4 Å². The standard InChI is InChI=1S/C34H45N5O4/c1-25(35-2)32(41)37-31(28-18-10-5-11-19-28)33(42)36-24-30(40)39-22-21-38(20-12-17-26-13-6-3-7-14-26)34(43)29(39)23-27-15-8-4-9-16-27/h3-4,6-9,13-16,21-22,25,28-29,31,35H,5,10-12,17-20,23-24H2,1-2H3,(H,36,42)(H,37,41)/t25-,29-,31-/m0/s1. The first-order valence-electron chi connectivity index (χ1n) is 15.5. The molecule has 0 bridgehead atoms. The molecule has 0 saturated heterocycles. The molecular weight excluding hydrogens is 542 g/mol. The van der Waals surface area contributed by atoms with E-state index < -0.39 is 18.1 Å². The topological polar surface area (TPSA) is 111 Å². The molecule has 230 valence electrons. The van der Waals surface area contributed by atoms with Gasteiger partial charge in [-0.05, 0) is 56.7 Å². The molecule has 1 aliphatic heterocycles. The third kappa shape index (κ3) is 9.00. The number of carbonyl (C=O) groups is 4. The van der Waals surface area contributed by atoms with E-state index in [4.69, 9.17) is 0 Å². The molecule has 1 aliphatic carbocycles. The number of hydrogen-bond donors (Lipinski definition) is 3. The summed E-state index contributed by atoms with van der Waals surface area (Å²) in [5, 5.41) is 8.60. The molecule has 1 saturated carbocycles. The summed E-state index contributed by atoms with van der Waals surface area (Å²) in [6.07, 6.45) is 10.2. The van der Waals surface area contributed by atoms with Crippen LogP contribution >= 0.6 is 0 Å². The van der Waals surface area contributed by atoms with Gasteiger partial charge in [-0.25, -0.2) is 0 Å². The van der Waals surface area contributed by atoms with E-state index in [-0.39, 0.29) is 36.1 Å². The van der Waals surface area contributed by atoms with E-state index in [0.717, 1.165) is 50.5 Å². The molecule has 3 atom stereocenters. The van der Waals surface area contributed by atoms with Crippen molar-refractivity contribution in [1.29, 1.82) is 0 Å². The van der Waals surface area contributed by atoms with E-state index >= 15 is 0 Å². The van der Waals surface area contributed by atoms with E-state index in [1.807, 2.05) is 48.5 Å². The lowest BCUT2D eigenvalue weighted by Crippen LogP contribution is -2.57. The summed E-state index contributed by atoms with van der Waals surface area (Å²) in [4.78, 5) is 56.4. The number of benzene rings is 2. The Labute approximate surface area is 255 Å². The number of hydrogen-bond acceptors (Lipinski definition) is 5. The summed E-state index contributed by atoms with van der Waals surface area (Å²) in [5.41, 5.74) is 2.16. The van der Waals surface area contributed by atoms with Crippen molar-refractivity contribution in [2.24, 2.45) is 5.92 Å². The Morgan fingerprint density at radius 3 is 2.19 bits per heavy atom. The predicted molar refractivity (Wildman–Crippen MR) is 166 cm³/mol. The number of nitrogens with zero attached hydrogens (tertiary/aromatic N) is 2. The van der Waals surface area contributed by atoms with Gasteiger partial charge in [0.2, 0.25) is 23.6 Å². The zero-order chi connectivity index (χ0) is 30.6. The quantitative estimate of drug-likeness (QED) is 0.334. The minimum absolute atomic E-state index is 0.0172. The van der Waals surface area contributed by atoms with E-state index in [1.54, 1.807) is 31.3 Å². The van der Waals surface area contributed by atoms with Gasteiger partial charge in [-0.3, -0.25) is 19.2 Å². The van der Waals surface area contributed by atoms with Gasteiger partial charge in [0.05, 0.1) is 12.6 Å². The van der Waals surface area contributed by atoms with Gasteiger partial charge >= 0.3 is 0 Å². The van der Waals surface area contributed by atoms with Gasteiger partial charge in [0.25, 0.3) is 0 Å². The molecule has 43 heavy (non-hydrogen) atoms. The van der Waals surface area contributed by atoms with Gasteiger partial charge in [0, 0.05) is 25.4 Å². The van der Waals surface area contributed by atoms with Crippen molar-refractivity contribution in [3.8, 4) is 0 Å². The number of likely N-dealkylation sites (N-methyl/N-ethyl adjacent to an activating group) is 1. The third-order valence-electron chi connectivity index (χ3n) is 8.52. The number of amides is 4. The van der Waals surface area contributed by atoms with Crippen LogP contribution < -0.4 is 16.0 Å². The summed E-state index contributed by atoms with van der Waals surface area (Å²) in [6.45, 7) is 2.02. The van der Waals surface area contributed by atoms with Crippen molar-refractivity contribution in [1.82, 2.24) is 25.8 Å². The van der Waals surface area contributed by atoms with Crippen molar-refractivity contribution < 1.29 is 19.2 Å². The predicted octanol–water partition coefficient (Wildman–Crippen LogP) is 3.16. The fourth-order valence-electron chi connectivity index (χ4n) is 5.84.